The van der Waals surface area contributed by atoms with E-state index in [1.54, 1.807) is 0 Å². The maximum absolute atomic E-state index is 11.8. The molecule has 0 saturated carbocycles. The van der Waals surface area contributed by atoms with Crippen molar-refractivity contribution < 1.29 is 14.7 Å². The van der Waals surface area contributed by atoms with Gasteiger partial charge in [-0.15, -0.1) is 0 Å². The number of rotatable bonds is 5. The summed E-state index contributed by atoms with van der Waals surface area (Å²) < 4.78 is 0. The number of aliphatic hydroxyl groups is 1. The zero-order chi connectivity index (χ0) is 16.9. The molecule has 2 rings (SSSR count). The minimum atomic E-state index is -0.992. The van der Waals surface area contributed by atoms with Gasteiger partial charge in [0.1, 0.15) is 0 Å². The van der Waals surface area contributed by atoms with Gasteiger partial charge in [0.25, 0.3) is 0 Å². The molecule has 6 nitrogen and oxygen atoms in total. The van der Waals surface area contributed by atoms with Gasteiger partial charge in [-0.25, -0.2) is 0 Å². The summed E-state index contributed by atoms with van der Waals surface area (Å²) in [6, 6.07) is 7.99. The first-order valence-electron chi connectivity index (χ1n) is 7.89. The van der Waals surface area contributed by atoms with Crippen molar-refractivity contribution in [1.82, 2.24) is 15.5 Å². The predicted octanol–water partition coefficient (Wildman–Crippen LogP) is -0.300. The van der Waals surface area contributed by atoms with E-state index in [1.807, 2.05) is 37.2 Å². The van der Waals surface area contributed by atoms with Gasteiger partial charge in [0.05, 0.1) is 5.60 Å². The van der Waals surface area contributed by atoms with Crippen LogP contribution in [0.2, 0.25) is 0 Å². The third-order valence-corrected chi connectivity index (χ3v) is 4.13. The third kappa shape index (κ3) is 5.04. The largest absolute Gasteiger partial charge is 0.388 e. The summed E-state index contributed by atoms with van der Waals surface area (Å²) in [4.78, 5) is 25.4. The molecule has 6 heteroatoms. The lowest BCUT2D eigenvalue weighted by Gasteiger charge is -2.33. The van der Waals surface area contributed by atoms with Gasteiger partial charge in [0.2, 0.25) is 0 Å². The molecule has 0 bridgehead atoms. The minimum Gasteiger partial charge on any atom is -0.388 e. The molecule has 3 N–H and O–H groups in total. The maximum atomic E-state index is 11.8. The van der Waals surface area contributed by atoms with E-state index in [1.165, 1.54) is 5.56 Å². The average molecular weight is 319 g/mol. The fraction of sp³-hybridized carbons (Fsp3) is 0.529. The van der Waals surface area contributed by atoms with Crippen molar-refractivity contribution in [1.29, 1.82) is 0 Å². The third-order valence-electron chi connectivity index (χ3n) is 4.13. The van der Waals surface area contributed by atoms with Crippen LogP contribution in [0.3, 0.4) is 0 Å². The van der Waals surface area contributed by atoms with Gasteiger partial charge in [-0.1, -0.05) is 24.3 Å². The van der Waals surface area contributed by atoms with Crippen LogP contribution >= 0.6 is 0 Å². The summed E-state index contributed by atoms with van der Waals surface area (Å²) in [5.41, 5.74) is 1.35. The molecule has 0 fully saturated rings. The van der Waals surface area contributed by atoms with Crippen LogP contribution in [0, 0.1) is 0 Å². The normalized spacial score (nSPS) is 20.0. The molecule has 2 amide bonds. The average Bonchev–Trinajstić information content (AvgIpc) is 2.52. The lowest BCUT2D eigenvalue weighted by molar-refractivity contribution is -0.139. The van der Waals surface area contributed by atoms with Gasteiger partial charge in [-0.3, -0.25) is 9.59 Å². The van der Waals surface area contributed by atoms with Crippen molar-refractivity contribution >= 4 is 11.8 Å². The lowest BCUT2D eigenvalue weighted by Crippen LogP contribution is -2.50. The maximum Gasteiger partial charge on any atom is 0.309 e. The fourth-order valence-corrected chi connectivity index (χ4v) is 2.73. The van der Waals surface area contributed by atoms with Crippen LogP contribution < -0.4 is 10.6 Å². The molecule has 1 aromatic carbocycles. The number of benzene rings is 1. The van der Waals surface area contributed by atoms with Crippen LogP contribution in [-0.2, 0) is 22.4 Å². The van der Waals surface area contributed by atoms with Crippen LogP contribution in [0.5, 0.6) is 0 Å². The van der Waals surface area contributed by atoms with Gasteiger partial charge in [0.15, 0.2) is 0 Å². The molecule has 126 valence electrons. The molecule has 1 aliphatic rings. The Morgan fingerprint density at radius 3 is 2.52 bits per heavy atom. The highest BCUT2D eigenvalue weighted by molar-refractivity contribution is 6.35. The van der Waals surface area contributed by atoms with Crippen LogP contribution in [0.15, 0.2) is 24.3 Å². The van der Waals surface area contributed by atoms with Crippen molar-refractivity contribution in [3.63, 3.8) is 0 Å². The zero-order valence-corrected chi connectivity index (χ0v) is 13.8. The van der Waals surface area contributed by atoms with Crippen molar-refractivity contribution in [2.45, 2.75) is 24.9 Å². The number of hydrogen-bond acceptors (Lipinski definition) is 4. The Morgan fingerprint density at radius 2 is 1.83 bits per heavy atom. The summed E-state index contributed by atoms with van der Waals surface area (Å²) in [5, 5.41) is 15.7. The van der Waals surface area contributed by atoms with E-state index < -0.39 is 17.4 Å². The minimum absolute atomic E-state index is 0.0846. The summed E-state index contributed by atoms with van der Waals surface area (Å²) in [6.07, 6.45) is 1.84. The number of hydrogen-bond donors (Lipinski definition) is 3. The Bertz CT molecular complexity index is 574. The molecule has 0 aliphatic heterocycles. The molecule has 0 saturated heterocycles. The van der Waals surface area contributed by atoms with Crippen LogP contribution in [0.4, 0.5) is 0 Å². The van der Waals surface area contributed by atoms with Gasteiger partial charge >= 0.3 is 11.8 Å². The molecule has 23 heavy (non-hydrogen) atoms. The topological polar surface area (TPSA) is 81.7 Å². The number of aryl methyl sites for hydroxylation is 1. The van der Waals surface area contributed by atoms with Gasteiger partial charge in [-0.2, -0.15) is 0 Å². The summed E-state index contributed by atoms with van der Waals surface area (Å²) >= 11 is 0. The standard InChI is InChI=1S/C17H25N3O3/c1-20(2)10-9-18-15(21)16(22)19-12-17(23)8-7-13-5-3-4-6-14(13)11-17/h3-6,23H,7-12H2,1-2H3,(H,18,21)(H,19,22). The molecule has 0 spiro atoms. The highest BCUT2D eigenvalue weighted by atomic mass is 16.3. The number of nitrogens with zero attached hydrogens (tertiary/aromatic N) is 1. The Labute approximate surface area is 136 Å². The highest BCUT2D eigenvalue weighted by Crippen LogP contribution is 2.28. The molecular formula is C17H25N3O3. The number of carbonyl (C=O) groups excluding carboxylic acids is 2. The van der Waals surface area contributed by atoms with E-state index in [0.29, 0.717) is 25.9 Å². The van der Waals surface area contributed by atoms with Crippen molar-refractivity contribution in [3.05, 3.63) is 35.4 Å². The molecule has 1 atom stereocenters. The first-order chi connectivity index (χ1) is 10.9. The molecule has 0 radical (unpaired) electrons. The van der Waals surface area contributed by atoms with Gasteiger partial charge in [0, 0.05) is 26.1 Å². The SMILES string of the molecule is CN(C)CCNC(=O)C(=O)NCC1(O)CCc2ccccc2C1. The van der Waals surface area contributed by atoms with Crippen molar-refractivity contribution in [2.24, 2.45) is 0 Å². The summed E-state index contributed by atoms with van der Waals surface area (Å²) in [5.74, 6) is -1.36. The van der Waals surface area contributed by atoms with Crippen LogP contribution in [0.1, 0.15) is 17.5 Å². The Morgan fingerprint density at radius 1 is 1.17 bits per heavy atom. The monoisotopic (exact) mass is 319 g/mol. The second-order valence-corrected chi connectivity index (χ2v) is 6.41. The first-order valence-corrected chi connectivity index (χ1v) is 7.89. The quantitative estimate of drug-likeness (QED) is 0.651. The fourth-order valence-electron chi connectivity index (χ4n) is 2.73. The number of fused-ring (bicyclic) bond motifs is 1. The Hall–Kier alpha value is -1.92. The van der Waals surface area contributed by atoms with Crippen LogP contribution in [-0.4, -0.2) is 61.2 Å². The second kappa shape index (κ2) is 7.57. The van der Waals surface area contributed by atoms with Gasteiger partial charge in [-0.05, 0) is 38.1 Å². The van der Waals surface area contributed by atoms with Crippen molar-refractivity contribution in [3.8, 4) is 0 Å². The summed E-state index contributed by atoms with van der Waals surface area (Å²) in [6.45, 7) is 1.16. The van der Waals surface area contributed by atoms with E-state index >= 15 is 0 Å². The predicted molar refractivity (Wildman–Crippen MR) is 88.0 cm³/mol. The number of likely N-dealkylation sites (N-methyl/N-ethyl adjacent to an activating group) is 1. The smallest absolute Gasteiger partial charge is 0.309 e. The molecule has 0 heterocycles. The lowest BCUT2D eigenvalue weighted by atomic mass is 9.80. The van der Waals surface area contributed by atoms with E-state index in [0.717, 1.165) is 12.0 Å². The van der Waals surface area contributed by atoms with Crippen molar-refractivity contribution in [2.75, 3.05) is 33.7 Å². The number of amides is 2. The van der Waals surface area contributed by atoms with Crippen LogP contribution in [0.25, 0.3) is 0 Å². The van der Waals surface area contributed by atoms with E-state index in [-0.39, 0.29) is 6.54 Å². The van der Waals surface area contributed by atoms with E-state index in [9.17, 15) is 14.7 Å². The molecule has 1 unspecified atom stereocenters. The molecule has 1 aliphatic carbocycles. The molecular weight excluding hydrogens is 294 g/mol. The second-order valence-electron chi connectivity index (χ2n) is 6.41. The Balaban J connectivity index is 1.81. The summed E-state index contributed by atoms with van der Waals surface area (Å²) in [7, 11) is 3.78. The number of nitrogens with one attached hydrogen (secondary N) is 2. The Kier molecular flexibility index (Phi) is 5.74. The first kappa shape index (κ1) is 17.4. The van der Waals surface area contributed by atoms with E-state index in [4.69, 9.17) is 0 Å². The zero-order valence-electron chi connectivity index (χ0n) is 13.8. The number of carbonyl (C=O) groups is 2. The molecule has 0 aromatic heterocycles. The van der Waals surface area contributed by atoms with Gasteiger partial charge < -0.3 is 20.6 Å². The van der Waals surface area contributed by atoms with E-state index in [2.05, 4.69) is 16.7 Å². The highest BCUT2D eigenvalue weighted by Gasteiger charge is 2.32. The molecule has 1 aromatic rings.